The molecule has 3 nitrogen and oxygen atoms in total. The second-order valence-electron chi connectivity index (χ2n) is 1.88. The summed E-state index contributed by atoms with van der Waals surface area (Å²) in [5.74, 6) is 0. The van der Waals surface area contributed by atoms with Crippen molar-refractivity contribution >= 4 is 44.8 Å². The topological polar surface area (TPSA) is 48.8 Å². The van der Waals surface area contributed by atoms with Gasteiger partial charge in [-0.1, -0.05) is 28.3 Å². The number of nitrogens with zero attached hydrogens (tertiary/aromatic N) is 3. The number of rotatable bonds is 1. The lowest BCUT2D eigenvalue weighted by molar-refractivity contribution is 1.46. The molecule has 0 fully saturated rings. The van der Waals surface area contributed by atoms with Gasteiger partial charge in [-0.05, 0) is 33.6 Å². The van der Waals surface area contributed by atoms with Crippen molar-refractivity contribution in [2.45, 2.75) is 0 Å². The Morgan fingerprint density at radius 1 is 1.42 bits per heavy atom. The third-order valence-electron chi connectivity index (χ3n) is 1.17. The van der Waals surface area contributed by atoms with E-state index in [0.717, 1.165) is 0 Å². The van der Waals surface area contributed by atoms with Gasteiger partial charge in [-0.3, -0.25) is 0 Å². The van der Waals surface area contributed by atoms with Crippen LogP contribution in [0.5, 0.6) is 0 Å². The molecule has 1 aromatic carbocycles. The number of benzene rings is 1. The molecule has 0 bridgehead atoms. The quantitative estimate of drug-likeness (QED) is 0.306. The lowest BCUT2D eigenvalue weighted by Gasteiger charge is -2.00. The van der Waals surface area contributed by atoms with Crippen LogP contribution in [0.1, 0.15) is 0 Å². The van der Waals surface area contributed by atoms with E-state index in [9.17, 15) is 0 Å². The molecule has 1 rings (SSSR count). The van der Waals surface area contributed by atoms with Gasteiger partial charge in [0, 0.05) is 4.91 Å². The number of hydrogen-bond acceptors (Lipinski definition) is 1. The Morgan fingerprint density at radius 3 is 2.67 bits per heavy atom. The molecule has 0 atom stereocenters. The Bertz CT molecular complexity index is 360. The van der Waals surface area contributed by atoms with Crippen molar-refractivity contribution in [1.29, 1.82) is 0 Å². The van der Waals surface area contributed by atoms with Gasteiger partial charge in [0.25, 0.3) is 0 Å². The number of halogens is 3. The van der Waals surface area contributed by atoms with Crippen LogP contribution in [0.25, 0.3) is 10.4 Å². The smallest absolute Gasteiger partial charge is 0.0658 e. The molecule has 0 heterocycles. The molecule has 6 heteroatoms. The zero-order valence-electron chi connectivity index (χ0n) is 5.63. The highest BCUT2D eigenvalue weighted by atomic mass is 79.9. The van der Waals surface area contributed by atoms with Crippen LogP contribution in [0.3, 0.4) is 0 Å². The molecule has 0 aliphatic heterocycles. The summed E-state index contributed by atoms with van der Waals surface area (Å²) in [5.41, 5.74) is 8.51. The highest BCUT2D eigenvalue weighted by molar-refractivity contribution is 9.10. The third kappa shape index (κ3) is 1.84. The summed E-state index contributed by atoms with van der Waals surface area (Å²) in [7, 11) is 0. The minimum atomic E-state index is 0.320. The first kappa shape index (κ1) is 9.68. The second kappa shape index (κ2) is 4.01. The van der Waals surface area contributed by atoms with Gasteiger partial charge in [-0.2, -0.15) is 0 Å². The van der Waals surface area contributed by atoms with Gasteiger partial charge in [0.2, 0.25) is 0 Å². The fraction of sp³-hybridized carbons (Fsp3) is 0. The lowest BCUT2D eigenvalue weighted by atomic mass is 10.3. The van der Waals surface area contributed by atoms with Gasteiger partial charge in [-0.25, -0.2) is 0 Å². The predicted octanol–water partition coefficient (Wildman–Crippen LogP) is 4.70. The van der Waals surface area contributed by atoms with Crippen molar-refractivity contribution in [2.75, 3.05) is 0 Å². The maximum Gasteiger partial charge on any atom is 0.0658 e. The summed E-state index contributed by atoms with van der Waals surface area (Å²) in [6.07, 6.45) is 0. The van der Waals surface area contributed by atoms with E-state index in [1.54, 1.807) is 12.1 Å². The minimum absolute atomic E-state index is 0.320. The standard InChI is InChI=1S/C6H2BrCl2N3/c7-5-3(8)1-2-4(6(5)9)11-12-10/h1-2H. The SMILES string of the molecule is [N-]=[N+]=Nc1ccc(Cl)c(Br)c1Cl. The summed E-state index contributed by atoms with van der Waals surface area (Å²) < 4.78 is 0.538. The number of azide groups is 1. The van der Waals surface area contributed by atoms with Crippen LogP contribution in [0, 0.1) is 0 Å². The van der Waals surface area contributed by atoms with E-state index in [0.29, 0.717) is 20.2 Å². The maximum absolute atomic E-state index is 8.16. The molecule has 0 N–H and O–H groups in total. The Morgan fingerprint density at radius 2 is 2.08 bits per heavy atom. The van der Waals surface area contributed by atoms with Crippen LogP contribution in [0.2, 0.25) is 10.0 Å². The van der Waals surface area contributed by atoms with Crippen LogP contribution in [-0.4, -0.2) is 0 Å². The average molecular weight is 267 g/mol. The van der Waals surface area contributed by atoms with Gasteiger partial charge >= 0.3 is 0 Å². The van der Waals surface area contributed by atoms with Gasteiger partial charge < -0.3 is 0 Å². The molecule has 0 aliphatic rings. The molecule has 0 amide bonds. The molecule has 0 aromatic heterocycles. The number of hydrogen-bond donors (Lipinski definition) is 0. The molecule has 0 unspecified atom stereocenters. The molecule has 1 aromatic rings. The summed E-state index contributed by atoms with van der Waals surface area (Å²) >= 11 is 14.7. The Kier molecular flexibility index (Phi) is 3.23. The van der Waals surface area contributed by atoms with Crippen LogP contribution in [0.4, 0.5) is 5.69 Å². The molecule has 0 spiro atoms. The first-order chi connectivity index (χ1) is 5.66. The van der Waals surface area contributed by atoms with Crippen LogP contribution in [0.15, 0.2) is 21.7 Å². The zero-order chi connectivity index (χ0) is 9.14. The van der Waals surface area contributed by atoms with Crippen molar-refractivity contribution in [3.8, 4) is 0 Å². The fourth-order valence-electron chi connectivity index (χ4n) is 0.641. The Hall–Kier alpha value is -0.410. The molecule has 0 aliphatic carbocycles. The van der Waals surface area contributed by atoms with E-state index in [4.69, 9.17) is 28.7 Å². The molecule has 0 radical (unpaired) electrons. The molecule has 0 saturated carbocycles. The zero-order valence-corrected chi connectivity index (χ0v) is 8.73. The normalized spacial score (nSPS) is 9.25. The second-order valence-corrected chi connectivity index (χ2v) is 3.46. The highest BCUT2D eigenvalue weighted by Crippen LogP contribution is 2.37. The highest BCUT2D eigenvalue weighted by Gasteiger charge is 2.05. The van der Waals surface area contributed by atoms with Crippen LogP contribution in [-0.2, 0) is 0 Å². The summed E-state index contributed by atoms with van der Waals surface area (Å²) in [5, 5.41) is 4.17. The summed E-state index contributed by atoms with van der Waals surface area (Å²) in [6, 6.07) is 3.15. The molecular weight excluding hydrogens is 265 g/mol. The van der Waals surface area contributed by atoms with Gasteiger partial charge in [-0.15, -0.1) is 0 Å². The summed E-state index contributed by atoms with van der Waals surface area (Å²) in [6.45, 7) is 0. The largest absolute Gasteiger partial charge is 0.0831 e. The van der Waals surface area contributed by atoms with Gasteiger partial charge in [0.1, 0.15) is 0 Å². The maximum atomic E-state index is 8.16. The Labute approximate surface area is 87.0 Å². The first-order valence-electron chi connectivity index (χ1n) is 2.85. The van der Waals surface area contributed by atoms with E-state index < -0.39 is 0 Å². The van der Waals surface area contributed by atoms with E-state index >= 15 is 0 Å². The lowest BCUT2D eigenvalue weighted by Crippen LogP contribution is -1.72. The monoisotopic (exact) mass is 265 g/mol. The van der Waals surface area contributed by atoms with Gasteiger partial charge in [0.05, 0.1) is 20.2 Å². The van der Waals surface area contributed by atoms with E-state index in [2.05, 4.69) is 26.0 Å². The molecule has 0 saturated heterocycles. The minimum Gasteiger partial charge on any atom is -0.0831 e. The molecule has 62 valence electrons. The van der Waals surface area contributed by atoms with Crippen LogP contribution >= 0.6 is 39.1 Å². The van der Waals surface area contributed by atoms with Crippen LogP contribution < -0.4 is 0 Å². The molecule has 12 heavy (non-hydrogen) atoms. The van der Waals surface area contributed by atoms with Gasteiger partial charge in [0.15, 0.2) is 0 Å². The summed E-state index contributed by atoms with van der Waals surface area (Å²) in [4.78, 5) is 2.61. The van der Waals surface area contributed by atoms with Crippen molar-refractivity contribution in [2.24, 2.45) is 5.11 Å². The fourth-order valence-corrected chi connectivity index (χ4v) is 1.38. The predicted molar refractivity (Wildman–Crippen MR) is 53.0 cm³/mol. The van der Waals surface area contributed by atoms with Crippen molar-refractivity contribution in [1.82, 2.24) is 0 Å². The van der Waals surface area contributed by atoms with Crippen molar-refractivity contribution in [3.05, 3.63) is 37.1 Å². The van der Waals surface area contributed by atoms with E-state index in [1.807, 2.05) is 0 Å². The third-order valence-corrected chi connectivity index (χ3v) is 3.15. The van der Waals surface area contributed by atoms with Crippen molar-refractivity contribution in [3.63, 3.8) is 0 Å². The van der Waals surface area contributed by atoms with E-state index in [-0.39, 0.29) is 0 Å². The van der Waals surface area contributed by atoms with Crippen molar-refractivity contribution < 1.29 is 0 Å². The first-order valence-corrected chi connectivity index (χ1v) is 4.40. The average Bonchev–Trinajstić information content (AvgIpc) is 2.07. The molecular formula is C6H2BrCl2N3. The Balaban J connectivity index is 3.35. The van der Waals surface area contributed by atoms with E-state index in [1.165, 1.54) is 0 Å².